The molecule has 0 spiro atoms. The minimum Gasteiger partial charge on any atom is -0.297 e. The molecule has 1 unspecified atom stereocenters. The molecule has 0 N–H and O–H groups in total. The fourth-order valence-electron chi connectivity index (χ4n) is 3.14. The standard InChI is InChI=1S/C16H23N5/c1-13-18-14(2)21(19-13)11-15-6-5-9-20(10-15)12-16-7-3-4-8-17-16/h3-4,7-8,15H,5-6,9-12H2,1-2H3. The number of nitrogens with zero attached hydrogens (tertiary/aromatic N) is 5. The summed E-state index contributed by atoms with van der Waals surface area (Å²) >= 11 is 0. The van der Waals surface area contributed by atoms with Crippen molar-refractivity contribution in [2.75, 3.05) is 13.1 Å². The maximum Gasteiger partial charge on any atom is 0.147 e. The van der Waals surface area contributed by atoms with Gasteiger partial charge in [0.05, 0.1) is 5.69 Å². The van der Waals surface area contributed by atoms with Crippen LogP contribution in [-0.2, 0) is 13.1 Å². The molecule has 5 nitrogen and oxygen atoms in total. The van der Waals surface area contributed by atoms with Crippen molar-refractivity contribution in [2.45, 2.75) is 39.8 Å². The summed E-state index contributed by atoms with van der Waals surface area (Å²) in [5.41, 5.74) is 1.16. The van der Waals surface area contributed by atoms with E-state index in [1.54, 1.807) is 0 Å². The Morgan fingerprint density at radius 2 is 2.19 bits per heavy atom. The van der Waals surface area contributed by atoms with Gasteiger partial charge in [-0.25, -0.2) is 9.67 Å². The Labute approximate surface area is 126 Å². The first-order chi connectivity index (χ1) is 10.2. The van der Waals surface area contributed by atoms with E-state index in [2.05, 4.69) is 36.8 Å². The van der Waals surface area contributed by atoms with E-state index in [-0.39, 0.29) is 0 Å². The first kappa shape index (κ1) is 14.2. The van der Waals surface area contributed by atoms with E-state index >= 15 is 0 Å². The lowest BCUT2D eigenvalue weighted by Gasteiger charge is -2.32. The van der Waals surface area contributed by atoms with Crippen LogP contribution in [0.5, 0.6) is 0 Å². The molecule has 1 aliphatic heterocycles. The van der Waals surface area contributed by atoms with E-state index in [4.69, 9.17) is 0 Å². The lowest BCUT2D eigenvalue weighted by Crippen LogP contribution is -2.37. The van der Waals surface area contributed by atoms with E-state index in [1.807, 2.05) is 26.1 Å². The summed E-state index contributed by atoms with van der Waals surface area (Å²) in [6, 6.07) is 6.14. The van der Waals surface area contributed by atoms with Gasteiger partial charge in [0.25, 0.3) is 0 Å². The number of pyridine rings is 1. The maximum absolute atomic E-state index is 4.49. The van der Waals surface area contributed by atoms with Gasteiger partial charge >= 0.3 is 0 Å². The number of rotatable bonds is 4. The number of hydrogen-bond acceptors (Lipinski definition) is 4. The molecule has 0 amide bonds. The summed E-state index contributed by atoms with van der Waals surface area (Å²) in [6.07, 6.45) is 4.40. The molecule has 21 heavy (non-hydrogen) atoms. The Balaban J connectivity index is 1.59. The molecule has 2 aromatic heterocycles. The molecule has 3 rings (SSSR count). The largest absolute Gasteiger partial charge is 0.297 e. The maximum atomic E-state index is 4.49. The predicted molar refractivity (Wildman–Crippen MR) is 81.7 cm³/mol. The zero-order chi connectivity index (χ0) is 14.7. The van der Waals surface area contributed by atoms with Crippen molar-refractivity contribution < 1.29 is 0 Å². The SMILES string of the molecule is Cc1nc(C)n(CC2CCCN(Cc3ccccn3)C2)n1. The number of aryl methyl sites for hydroxylation is 2. The second-order valence-electron chi connectivity index (χ2n) is 5.95. The van der Waals surface area contributed by atoms with E-state index in [0.717, 1.165) is 37.0 Å². The Morgan fingerprint density at radius 3 is 2.90 bits per heavy atom. The third-order valence-electron chi connectivity index (χ3n) is 4.11. The van der Waals surface area contributed by atoms with Gasteiger partial charge in [-0.1, -0.05) is 6.07 Å². The van der Waals surface area contributed by atoms with Crippen molar-refractivity contribution in [3.8, 4) is 0 Å². The zero-order valence-electron chi connectivity index (χ0n) is 12.9. The Morgan fingerprint density at radius 1 is 1.29 bits per heavy atom. The summed E-state index contributed by atoms with van der Waals surface area (Å²) in [5, 5.41) is 4.49. The van der Waals surface area contributed by atoms with E-state index in [0.29, 0.717) is 5.92 Å². The fraction of sp³-hybridized carbons (Fsp3) is 0.562. The first-order valence-corrected chi connectivity index (χ1v) is 7.71. The predicted octanol–water partition coefficient (Wildman–Crippen LogP) is 2.20. The molecule has 0 radical (unpaired) electrons. The monoisotopic (exact) mass is 285 g/mol. The Kier molecular flexibility index (Phi) is 4.29. The van der Waals surface area contributed by atoms with Crippen LogP contribution in [0.1, 0.15) is 30.2 Å². The van der Waals surface area contributed by atoms with E-state index in [1.165, 1.54) is 19.4 Å². The van der Waals surface area contributed by atoms with Gasteiger partial charge in [0, 0.05) is 25.8 Å². The molecule has 1 saturated heterocycles. The van der Waals surface area contributed by atoms with E-state index in [9.17, 15) is 0 Å². The van der Waals surface area contributed by atoms with Crippen LogP contribution in [0, 0.1) is 19.8 Å². The van der Waals surface area contributed by atoms with Crippen LogP contribution in [0.15, 0.2) is 24.4 Å². The van der Waals surface area contributed by atoms with Gasteiger partial charge in [-0.2, -0.15) is 5.10 Å². The van der Waals surface area contributed by atoms with Crippen molar-refractivity contribution in [3.63, 3.8) is 0 Å². The van der Waals surface area contributed by atoms with Crippen LogP contribution in [0.25, 0.3) is 0 Å². The summed E-state index contributed by atoms with van der Waals surface area (Å²) in [5.74, 6) is 2.55. The average molecular weight is 285 g/mol. The van der Waals surface area contributed by atoms with Crippen molar-refractivity contribution in [1.82, 2.24) is 24.6 Å². The molecule has 0 saturated carbocycles. The molecule has 5 heteroatoms. The number of hydrogen-bond donors (Lipinski definition) is 0. The zero-order valence-corrected chi connectivity index (χ0v) is 12.9. The smallest absolute Gasteiger partial charge is 0.147 e. The van der Waals surface area contributed by atoms with Gasteiger partial charge in [-0.05, 0) is 51.3 Å². The average Bonchev–Trinajstić information content (AvgIpc) is 2.78. The third kappa shape index (κ3) is 3.67. The summed E-state index contributed by atoms with van der Waals surface area (Å²) < 4.78 is 2.06. The van der Waals surface area contributed by atoms with Crippen molar-refractivity contribution in [1.29, 1.82) is 0 Å². The van der Waals surface area contributed by atoms with Crippen LogP contribution in [0.2, 0.25) is 0 Å². The highest BCUT2D eigenvalue weighted by molar-refractivity contribution is 5.03. The first-order valence-electron chi connectivity index (χ1n) is 7.71. The minimum atomic E-state index is 0.655. The molecule has 3 heterocycles. The molecular formula is C16H23N5. The van der Waals surface area contributed by atoms with Gasteiger partial charge in [-0.15, -0.1) is 0 Å². The third-order valence-corrected chi connectivity index (χ3v) is 4.11. The second kappa shape index (κ2) is 6.35. The van der Waals surface area contributed by atoms with Gasteiger partial charge in [-0.3, -0.25) is 9.88 Å². The van der Waals surface area contributed by atoms with Crippen LogP contribution >= 0.6 is 0 Å². The topological polar surface area (TPSA) is 46.8 Å². The van der Waals surface area contributed by atoms with Crippen molar-refractivity contribution in [3.05, 3.63) is 41.7 Å². The van der Waals surface area contributed by atoms with E-state index < -0.39 is 0 Å². The Bertz CT molecular complexity index is 578. The summed E-state index contributed by atoms with van der Waals surface area (Å²) in [6.45, 7) is 8.21. The van der Waals surface area contributed by atoms with Crippen LogP contribution in [0.4, 0.5) is 0 Å². The molecule has 1 aliphatic rings. The highest BCUT2D eigenvalue weighted by atomic mass is 15.3. The number of piperidine rings is 1. The minimum absolute atomic E-state index is 0.655. The highest BCUT2D eigenvalue weighted by Crippen LogP contribution is 2.20. The van der Waals surface area contributed by atoms with Crippen molar-refractivity contribution >= 4 is 0 Å². The normalized spacial score (nSPS) is 19.8. The molecule has 112 valence electrons. The van der Waals surface area contributed by atoms with Gasteiger partial charge in [0.15, 0.2) is 0 Å². The molecule has 0 bridgehead atoms. The van der Waals surface area contributed by atoms with Crippen molar-refractivity contribution in [2.24, 2.45) is 5.92 Å². The molecule has 1 atom stereocenters. The Hall–Kier alpha value is -1.75. The molecule has 2 aromatic rings. The van der Waals surface area contributed by atoms with Crippen LogP contribution in [0.3, 0.4) is 0 Å². The molecular weight excluding hydrogens is 262 g/mol. The lowest BCUT2D eigenvalue weighted by atomic mass is 9.98. The van der Waals surface area contributed by atoms with Gasteiger partial charge in [0.2, 0.25) is 0 Å². The quantitative estimate of drug-likeness (QED) is 0.864. The summed E-state index contributed by atoms with van der Waals surface area (Å²) in [7, 11) is 0. The second-order valence-corrected chi connectivity index (χ2v) is 5.95. The molecule has 1 fully saturated rings. The van der Waals surface area contributed by atoms with Crippen LogP contribution in [-0.4, -0.2) is 37.7 Å². The highest BCUT2D eigenvalue weighted by Gasteiger charge is 2.21. The summed E-state index contributed by atoms with van der Waals surface area (Å²) in [4.78, 5) is 11.3. The fourth-order valence-corrected chi connectivity index (χ4v) is 3.14. The molecule has 0 aliphatic carbocycles. The van der Waals surface area contributed by atoms with Gasteiger partial charge in [0.1, 0.15) is 11.6 Å². The number of aromatic nitrogens is 4. The number of likely N-dealkylation sites (tertiary alicyclic amines) is 1. The van der Waals surface area contributed by atoms with Gasteiger partial charge < -0.3 is 0 Å². The lowest BCUT2D eigenvalue weighted by molar-refractivity contribution is 0.151. The molecule has 0 aromatic carbocycles. The van der Waals surface area contributed by atoms with Crippen LogP contribution < -0.4 is 0 Å².